The zero-order valence-electron chi connectivity index (χ0n) is 32.0. The number of aryl methyl sites for hydroxylation is 1. The van der Waals surface area contributed by atoms with Gasteiger partial charge in [-0.25, -0.2) is 0 Å². The molecule has 3 heteroatoms. The number of benzene rings is 8. The third-order valence-electron chi connectivity index (χ3n) is 10.6. The van der Waals surface area contributed by atoms with Crippen LogP contribution in [0.4, 0.5) is 22.7 Å². The molecule has 0 N–H and O–H groups in total. The third-order valence-corrected chi connectivity index (χ3v) is 10.6. The fourth-order valence-corrected chi connectivity index (χ4v) is 7.85. The summed E-state index contributed by atoms with van der Waals surface area (Å²) in [5.41, 5.74) is 13.8. The van der Waals surface area contributed by atoms with Gasteiger partial charge in [-0.2, -0.15) is 0 Å². The van der Waals surface area contributed by atoms with Crippen LogP contribution in [-0.2, 0) is 6.54 Å². The number of nitrogens with zero attached hydrogens (tertiary/aromatic N) is 3. The molecule has 0 saturated heterocycles. The van der Waals surface area contributed by atoms with E-state index in [2.05, 4.69) is 252 Å². The fourth-order valence-electron chi connectivity index (χ4n) is 7.85. The lowest BCUT2D eigenvalue weighted by Gasteiger charge is -2.24. The van der Waals surface area contributed by atoms with Crippen molar-refractivity contribution in [3.63, 3.8) is 0 Å². The van der Waals surface area contributed by atoms with Crippen LogP contribution in [0.2, 0.25) is 0 Å². The summed E-state index contributed by atoms with van der Waals surface area (Å²) in [5, 5.41) is 2.43. The topological polar surface area (TPSA) is 11.4 Å². The Balaban J connectivity index is 1.25. The van der Waals surface area contributed by atoms with Crippen molar-refractivity contribution in [1.82, 2.24) is 4.57 Å². The van der Waals surface area contributed by atoms with Gasteiger partial charge < -0.3 is 14.4 Å². The average Bonchev–Trinajstić information content (AvgIpc) is 3.61. The Morgan fingerprint density at radius 2 is 0.667 bits per heavy atom. The van der Waals surface area contributed by atoms with E-state index in [0.717, 1.165) is 62.7 Å². The van der Waals surface area contributed by atoms with E-state index in [9.17, 15) is 0 Å². The minimum absolute atomic E-state index is 0.863. The van der Waals surface area contributed by atoms with E-state index in [0.29, 0.717) is 0 Å². The highest BCUT2D eigenvalue weighted by molar-refractivity contribution is 6.11. The predicted molar refractivity (Wildman–Crippen MR) is 242 cm³/mol. The lowest BCUT2D eigenvalue weighted by Crippen LogP contribution is -2.10. The lowest BCUT2D eigenvalue weighted by atomic mass is 9.98. The van der Waals surface area contributed by atoms with Crippen LogP contribution in [0.15, 0.2) is 231 Å². The number of para-hydroxylation sites is 2. The first kappa shape index (κ1) is 35.3. The van der Waals surface area contributed by atoms with Crippen LogP contribution in [-0.4, -0.2) is 4.57 Å². The maximum absolute atomic E-state index is 2.43. The second-order valence-electron chi connectivity index (χ2n) is 14.1. The van der Waals surface area contributed by atoms with Gasteiger partial charge in [-0.1, -0.05) is 158 Å². The summed E-state index contributed by atoms with van der Waals surface area (Å²) in [6.07, 6.45) is 4.59. The molecule has 1 aromatic heterocycles. The fraction of sp³-hybridized carbons (Fsp3) is 0.0370. The number of rotatable bonds is 11. The average molecular weight is 734 g/mol. The van der Waals surface area contributed by atoms with Crippen molar-refractivity contribution in [2.45, 2.75) is 13.5 Å². The van der Waals surface area contributed by atoms with E-state index >= 15 is 0 Å². The summed E-state index contributed by atoms with van der Waals surface area (Å²) in [6.45, 7) is 3.10. The van der Waals surface area contributed by atoms with Gasteiger partial charge in [0.2, 0.25) is 0 Å². The van der Waals surface area contributed by atoms with Gasteiger partial charge in [-0.15, -0.1) is 0 Å². The van der Waals surface area contributed by atoms with Gasteiger partial charge >= 0.3 is 0 Å². The van der Waals surface area contributed by atoms with E-state index in [1.165, 1.54) is 21.8 Å². The second kappa shape index (κ2) is 16.2. The van der Waals surface area contributed by atoms with Crippen molar-refractivity contribution in [2.24, 2.45) is 0 Å². The molecular weight excluding hydrogens is 691 g/mol. The van der Waals surface area contributed by atoms with Crippen LogP contribution in [0.25, 0.3) is 33.0 Å². The zero-order chi connectivity index (χ0) is 38.4. The van der Waals surface area contributed by atoms with Crippen LogP contribution in [0.1, 0.15) is 29.2 Å². The van der Waals surface area contributed by atoms with Crippen molar-refractivity contribution >= 4 is 55.7 Å². The Kier molecular flexibility index (Phi) is 10.0. The van der Waals surface area contributed by atoms with E-state index in [4.69, 9.17) is 0 Å². The standard InChI is InChI=1S/C54H43N3/c1-2-55-53-35-33-47(56(45-29-17-7-18-30-45)39-51(41-21-9-3-10-22-41)42-23-11-4-12-24-42)37-49(53)50-38-48(34-36-54(50)55)57(46-31-19-8-20-32-46)40-52(43-25-13-5-14-26-43)44-27-15-6-16-28-44/h3-40H,2H2,1H3. The van der Waals surface area contributed by atoms with E-state index < -0.39 is 0 Å². The molecule has 0 spiro atoms. The summed E-state index contributed by atoms with van der Waals surface area (Å²) >= 11 is 0. The minimum Gasteiger partial charge on any atom is -0.341 e. The van der Waals surface area contributed by atoms with Crippen molar-refractivity contribution in [3.05, 3.63) is 253 Å². The highest BCUT2D eigenvalue weighted by Gasteiger charge is 2.18. The summed E-state index contributed by atoms with van der Waals surface area (Å²) < 4.78 is 2.43. The van der Waals surface area contributed by atoms with Crippen molar-refractivity contribution in [3.8, 4) is 0 Å². The molecule has 0 unspecified atom stereocenters. The molecule has 0 aliphatic carbocycles. The summed E-state index contributed by atoms with van der Waals surface area (Å²) in [7, 11) is 0. The number of fused-ring (bicyclic) bond motifs is 3. The molecular formula is C54H43N3. The molecule has 0 atom stereocenters. The molecule has 274 valence electrons. The molecule has 0 radical (unpaired) electrons. The highest BCUT2D eigenvalue weighted by Crippen LogP contribution is 2.39. The molecule has 9 rings (SSSR count). The molecule has 9 aromatic rings. The molecule has 0 aliphatic heterocycles. The van der Waals surface area contributed by atoms with Gasteiger partial charge in [0, 0.05) is 74.6 Å². The summed E-state index contributed by atoms with van der Waals surface area (Å²) in [6, 6.07) is 77.9. The van der Waals surface area contributed by atoms with Crippen LogP contribution < -0.4 is 9.80 Å². The number of hydrogen-bond acceptors (Lipinski definition) is 2. The quantitative estimate of drug-likeness (QED) is 0.131. The predicted octanol–water partition coefficient (Wildman–Crippen LogP) is 14.3. The normalized spacial score (nSPS) is 11.0. The largest absolute Gasteiger partial charge is 0.341 e. The van der Waals surface area contributed by atoms with E-state index in [1.807, 2.05) is 0 Å². The Bertz CT molecular complexity index is 2510. The van der Waals surface area contributed by atoms with E-state index in [-0.39, 0.29) is 0 Å². The Morgan fingerprint density at radius 1 is 0.368 bits per heavy atom. The van der Waals surface area contributed by atoms with Crippen molar-refractivity contribution in [1.29, 1.82) is 0 Å². The number of hydrogen-bond donors (Lipinski definition) is 0. The van der Waals surface area contributed by atoms with Crippen molar-refractivity contribution in [2.75, 3.05) is 9.80 Å². The molecule has 0 bridgehead atoms. The van der Waals surface area contributed by atoms with Crippen LogP contribution in [0.5, 0.6) is 0 Å². The zero-order valence-corrected chi connectivity index (χ0v) is 32.0. The molecule has 8 aromatic carbocycles. The van der Waals surface area contributed by atoms with Crippen molar-refractivity contribution < 1.29 is 0 Å². The van der Waals surface area contributed by atoms with Gasteiger partial charge in [-0.05, 0) is 89.8 Å². The minimum atomic E-state index is 0.863. The molecule has 3 nitrogen and oxygen atoms in total. The number of aromatic nitrogens is 1. The van der Waals surface area contributed by atoms with Gasteiger partial charge in [0.05, 0.1) is 0 Å². The Morgan fingerprint density at radius 3 is 0.965 bits per heavy atom. The van der Waals surface area contributed by atoms with Gasteiger partial charge in [0.25, 0.3) is 0 Å². The number of anilines is 4. The first-order valence-electron chi connectivity index (χ1n) is 19.6. The second-order valence-corrected chi connectivity index (χ2v) is 14.1. The molecule has 0 fully saturated rings. The monoisotopic (exact) mass is 733 g/mol. The summed E-state index contributed by atoms with van der Waals surface area (Å²) in [4.78, 5) is 4.66. The van der Waals surface area contributed by atoms with Crippen LogP contribution >= 0.6 is 0 Å². The SMILES string of the molecule is CCn1c2ccc(N(C=C(c3ccccc3)c3ccccc3)c3ccccc3)cc2c2cc(N(C=C(c3ccccc3)c3ccccc3)c3ccccc3)ccc21. The Labute approximate surface area is 335 Å². The smallest absolute Gasteiger partial charge is 0.0492 e. The molecule has 57 heavy (non-hydrogen) atoms. The molecule has 0 aliphatic rings. The van der Waals surface area contributed by atoms with Gasteiger partial charge in [0.15, 0.2) is 0 Å². The highest BCUT2D eigenvalue weighted by atomic mass is 15.1. The van der Waals surface area contributed by atoms with E-state index in [1.54, 1.807) is 0 Å². The Hall–Kier alpha value is -7.36. The van der Waals surface area contributed by atoms with Crippen LogP contribution in [0, 0.1) is 0 Å². The first-order valence-corrected chi connectivity index (χ1v) is 19.6. The van der Waals surface area contributed by atoms with Gasteiger partial charge in [-0.3, -0.25) is 0 Å². The molecule has 0 amide bonds. The van der Waals surface area contributed by atoms with Crippen LogP contribution in [0.3, 0.4) is 0 Å². The molecule has 0 saturated carbocycles. The maximum atomic E-state index is 2.43. The summed E-state index contributed by atoms with van der Waals surface area (Å²) in [5.74, 6) is 0. The molecule has 1 heterocycles. The van der Waals surface area contributed by atoms with Gasteiger partial charge in [0.1, 0.15) is 0 Å². The third kappa shape index (κ3) is 7.27. The first-order chi connectivity index (χ1) is 28.2. The lowest BCUT2D eigenvalue weighted by molar-refractivity contribution is 0.827. The maximum Gasteiger partial charge on any atom is 0.0492 e.